The molecule has 2 saturated carbocycles. The first-order valence-electron chi connectivity index (χ1n) is 5.11. The first kappa shape index (κ1) is 8.49. The summed E-state index contributed by atoms with van der Waals surface area (Å²) < 4.78 is 13.5. The molecule has 2 fully saturated rings. The molecule has 0 aromatic carbocycles. The van der Waals surface area contributed by atoms with E-state index in [-0.39, 0.29) is 5.92 Å². The summed E-state index contributed by atoms with van der Waals surface area (Å²) in [4.78, 5) is 0. The molecule has 12 heavy (non-hydrogen) atoms. The van der Waals surface area contributed by atoms with Gasteiger partial charge in [-0.05, 0) is 31.1 Å². The van der Waals surface area contributed by atoms with E-state index in [0.717, 1.165) is 19.3 Å². The molecule has 0 aromatic rings. The molecule has 2 aliphatic carbocycles. The largest absolute Gasteiger partial charge is 0.390 e. The molecule has 2 rings (SSSR count). The predicted octanol–water partition coefficient (Wildman–Crippen LogP) is 2.29. The monoisotopic (exact) mass is 172 g/mol. The fraction of sp³-hybridized carbons (Fsp3) is 1.00. The van der Waals surface area contributed by atoms with Crippen molar-refractivity contribution in [2.75, 3.05) is 0 Å². The maximum absolute atomic E-state index is 13.5. The van der Waals surface area contributed by atoms with Gasteiger partial charge in [0.1, 0.15) is 6.17 Å². The maximum Gasteiger partial charge on any atom is 0.129 e. The number of fused-ring (bicyclic) bond motifs is 1. The summed E-state index contributed by atoms with van der Waals surface area (Å²) >= 11 is 0. The van der Waals surface area contributed by atoms with Crippen LogP contribution in [0.4, 0.5) is 4.39 Å². The third kappa shape index (κ3) is 1.37. The van der Waals surface area contributed by atoms with Crippen LogP contribution in [0.2, 0.25) is 0 Å². The third-order valence-corrected chi connectivity index (χ3v) is 3.58. The second kappa shape index (κ2) is 3.33. The van der Waals surface area contributed by atoms with Gasteiger partial charge in [0.15, 0.2) is 0 Å². The summed E-state index contributed by atoms with van der Waals surface area (Å²) in [5.74, 6) is 0.764. The number of aliphatic hydroxyl groups excluding tert-OH is 1. The SMILES string of the molecule is OC1CCC2CCCCC2C1F. The summed E-state index contributed by atoms with van der Waals surface area (Å²) in [7, 11) is 0. The quantitative estimate of drug-likeness (QED) is 0.594. The zero-order valence-electron chi connectivity index (χ0n) is 7.38. The second-order valence-corrected chi connectivity index (χ2v) is 4.30. The van der Waals surface area contributed by atoms with Crippen molar-refractivity contribution in [3.63, 3.8) is 0 Å². The Labute approximate surface area is 73.0 Å². The highest BCUT2D eigenvalue weighted by Crippen LogP contribution is 2.41. The molecule has 2 aliphatic rings. The lowest BCUT2D eigenvalue weighted by atomic mass is 9.69. The van der Waals surface area contributed by atoms with Gasteiger partial charge in [-0.25, -0.2) is 4.39 Å². The molecule has 0 radical (unpaired) electrons. The second-order valence-electron chi connectivity index (χ2n) is 4.30. The van der Waals surface area contributed by atoms with E-state index >= 15 is 0 Å². The Bertz CT molecular complexity index is 158. The molecule has 70 valence electrons. The molecular formula is C10H17FO. The molecule has 0 bridgehead atoms. The van der Waals surface area contributed by atoms with Gasteiger partial charge >= 0.3 is 0 Å². The molecule has 1 N–H and O–H groups in total. The minimum absolute atomic E-state index is 0.183. The van der Waals surface area contributed by atoms with Crippen molar-refractivity contribution in [3.8, 4) is 0 Å². The van der Waals surface area contributed by atoms with E-state index in [4.69, 9.17) is 0 Å². The lowest BCUT2D eigenvalue weighted by molar-refractivity contribution is -0.0340. The van der Waals surface area contributed by atoms with Gasteiger partial charge in [0.05, 0.1) is 6.10 Å². The minimum Gasteiger partial charge on any atom is -0.390 e. The standard InChI is InChI=1S/C10H17FO/c11-10-8-4-2-1-3-7(8)5-6-9(10)12/h7-10,12H,1-6H2. The Morgan fingerprint density at radius 2 is 1.75 bits per heavy atom. The first-order chi connectivity index (χ1) is 5.79. The summed E-state index contributed by atoms with van der Waals surface area (Å²) in [6.45, 7) is 0. The van der Waals surface area contributed by atoms with Crippen LogP contribution in [0.1, 0.15) is 38.5 Å². The summed E-state index contributed by atoms with van der Waals surface area (Å²) in [5.41, 5.74) is 0. The number of hydrogen-bond acceptors (Lipinski definition) is 1. The number of alkyl halides is 1. The van der Waals surface area contributed by atoms with E-state index in [9.17, 15) is 9.50 Å². The summed E-state index contributed by atoms with van der Waals surface area (Å²) in [6.07, 6.45) is 4.77. The van der Waals surface area contributed by atoms with E-state index in [1.807, 2.05) is 0 Å². The molecule has 0 aromatic heterocycles. The van der Waals surface area contributed by atoms with Crippen molar-refractivity contribution in [1.29, 1.82) is 0 Å². The van der Waals surface area contributed by atoms with Crippen molar-refractivity contribution in [1.82, 2.24) is 0 Å². The third-order valence-electron chi connectivity index (χ3n) is 3.58. The average Bonchev–Trinajstić information content (AvgIpc) is 2.12. The molecule has 0 spiro atoms. The number of halogens is 1. The van der Waals surface area contributed by atoms with Gasteiger partial charge in [-0.15, -0.1) is 0 Å². The lowest BCUT2D eigenvalue weighted by Gasteiger charge is -2.40. The summed E-state index contributed by atoms with van der Waals surface area (Å²) in [5, 5.41) is 9.34. The average molecular weight is 172 g/mol. The van der Waals surface area contributed by atoms with E-state index in [2.05, 4.69) is 0 Å². The van der Waals surface area contributed by atoms with Crippen LogP contribution in [0.3, 0.4) is 0 Å². The summed E-state index contributed by atoms with van der Waals surface area (Å²) in [6, 6.07) is 0. The van der Waals surface area contributed by atoms with Crippen molar-refractivity contribution in [2.24, 2.45) is 11.8 Å². The van der Waals surface area contributed by atoms with Crippen LogP contribution >= 0.6 is 0 Å². The molecule has 0 saturated heterocycles. The van der Waals surface area contributed by atoms with Gasteiger partial charge < -0.3 is 5.11 Å². The highest BCUT2D eigenvalue weighted by molar-refractivity contribution is 4.89. The van der Waals surface area contributed by atoms with Gasteiger partial charge in [0.2, 0.25) is 0 Å². The highest BCUT2D eigenvalue weighted by Gasteiger charge is 2.39. The van der Waals surface area contributed by atoms with E-state index in [1.54, 1.807) is 0 Å². The fourth-order valence-corrected chi connectivity index (χ4v) is 2.84. The van der Waals surface area contributed by atoms with Crippen LogP contribution in [0.15, 0.2) is 0 Å². The van der Waals surface area contributed by atoms with Gasteiger partial charge in [-0.1, -0.05) is 19.3 Å². The molecule has 0 heterocycles. The Morgan fingerprint density at radius 1 is 1.00 bits per heavy atom. The van der Waals surface area contributed by atoms with E-state index in [1.165, 1.54) is 12.8 Å². The zero-order valence-corrected chi connectivity index (χ0v) is 7.38. The Morgan fingerprint density at radius 3 is 2.58 bits per heavy atom. The smallest absolute Gasteiger partial charge is 0.129 e. The van der Waals surface area contributed by atoms with Crippen LogP contribution in [0.5, 0.6) is 0 Å². The number of hydrogen-bond donors (Lipinski definition) is 1. The topological polar surface area (TPSA) is 20.2 Å². The molecule has 0 amide bonds. The maximum atomic E-state index is 13.5. The van der Waals surface area contributed by atoms with Crippen molar-refractivity contribution < 1.29 is 9.50 Å². The zero-order chi connectivity index (χ0) is 8.55. The fourth-order valence-electron chi connectivity index (χ4n) is 2.84. The van der Waals surface area contributed by atoms with Crippen LogP contribution in [0.25, 0.3) is 0 Å². The van der Waals surface area contributed by atoms with Gasteiger partial charge in [-0.2, -0.15) is 0 Å². The molecule has 4 unspecified atom stereocenters. The number of rotatable bonds is 0. The van der Waals surface area contributed by atoms with Gasteiger partial charge in [-0.3, -0.25) is 0 Å². The highest BCUT2D eigenvalue weighted by atomic mass is 19.1. The van der Waals surface area contributed by atoms with Crippen LogP contribution in [0, 0.1) is 11.8 Å². The first-order valence-corrected chi connectivity index (χ1v) is 5.11. The van der Waals surface area contributed by atoms with Crippen LogP contribution in [-0.4, -0.2) is 17.4 Å². The molecule has 1 nitrogen and oxygen atoms in total. The van der Waals surface area contributed by atoms with Crippen molar-refractivity contribution in [2.45, 2.75) is 50.8 Å². The predicted molar refractivity (Wildman–Crippen MR) is 45.6 cm³/mol. The molecule has 4 atom stereocenters. The Balaban J connectivity index is 2.03. The van der Waals surface area contributed by atoms with E-state index in [0.29, 0.717) is 12.3 Å². The van der Waals surface area contributed by atoms with Crippen molar-refractivity contribution >= 4 is 0 Å². The molecule has 0 aliphatic heterocycles. The minimum atomic E-state index is -0.927. The van der Waals surface area contributed by atoms with Crippen LogP contribution in [-0.2, 0) is 0 Å². The van der Waals surface area contributed by atoms with E-state index < -0.39 is 12.3 Å². The lowest BCUT2D eigenvalue weighted by Crippen LogP contribution is -2.41. The number of aliphatic hydroxyl groups is 1. The molecular weight excluding hydrogens is 155 g/mol. The van der Waals surface area contributed by atoms with Crippen molar-refractivity contribution in [3.05, 3.63) is 0 Å². The van der Waals surface area contributed by atoms with Crippen LogP contribution < -0.4 is 0 Å². The Hall–Kier alpha value is -0.110. The molecule has 2 heteroatoms. The van der Waals surface area contributed by atoms with Gasteiger partial charge in [0, 0.05) is 0 Å². The van der Waals surface area contributed by atoms with Gasteiger partial charge in [0.25, 0.3) is 0 Å². The normalized spacial score (nSPS) is 48.5. The Kier molecular flexibility index (Phi) is 2.35.